The van der Waals surface area contributed by atoms with E-state index in [1.165, 1.54) is 24.3 Å². The monoisotopic (exact) mass is 375 g/mol. The molecule has 2 aromatic carbocycles. The molecule has 1 aliphatic heterocycles. The minimum atomic E-state index is -4.81. The lowest BCUT2D eigenvalue weighted by atomic mass is 10.3. The van der Waals surface area contributed by atoms with Crippen LogP contribution >= 0.6 is 23.5 Å². The Labute approximate surface area is 143 Å². The Morgan fingerprint density at radius 1 is 1.25 bits per heavy atom. The number of phenols is 1. The third-order valence-electron chi connectivity index (χ3n) is 2.89. The number of phenolic OH excluding ortho intramolecular Hbond substituents is 1. The van der Waals surface area contributed by atoms with E-state index >= 15 is 0 Å². The number of nitrogens with one attached hydrogen (secondary N) is 2. The number of nitrogens with zero attached hydrogens (tertiary/aromatic N) is 1. The van der Waals surface area contributed by atoms with Gasteiger partial charge in [-0.25, -0.2) is 0 Å². The number of guanidine groups is 1. The zero-order valence-electron chi connectivity index (χ0n) is 11.7. The first-order valence-electron chi connectivity index (χ1n) is 6.48. The second-order valence-corrected chi connectivity index (χ2v) is 5.86. The lowest BCUT2D eigenvalue weighted by Crippen LogP contribution is -2.25. The minimum absolute atomic E-state index is 0.0681. The first-order valence-corrected chi connectivity index (χ1v) is 7.63. The Hall–Kier alpha value is -2.26. The first kappa shape index (κ1) is 16.6. The number of ether oxygens (including phenoxy) is 1. The van der Waals surface area contributed by atoms with Gasteiger partial charge in [0.25, 0.3) is 0 Å². The van der Waals surface area contributed by atoms with Crippen LogP contribution in [0.5, 0.6) is 11.5 Å². The van der Waals surface area contributed by atoms with Gasteiger partial charge in [-0.3, -0.25) is 0 Å². The van der Waals surface area contributed by atoms with Gasteiger partial charge in [0.1, 0.15) is 5.75 Å². The number of aromatic hydroxyl groups is 1. The maximum Gasteiger partial charge on any atom is 0.573 e. The van der Waals surface area contributed by atoms with E-state index in [4.69, 9.17) is 11.6 Å². The van der Waals surface area contributed by atoms with Gasteiger partial charge in [0, 0.05) is 23.0 Å². The number of rotatable bonds is 2. The van der Waals surface area contributed by atoms with Crippen molar-refractivity contribution in [2.24, 2.45) is 4.40 Å². The van der Waals surface area contributed by atoms with E-state index < -0.39 is 12.1 Å². The highest BCUT2D eigenvalue weighted by Crippen LogP contribution is 2.41. The number of alkyl halides is 3. The van der Waals surface area contributed by atoms with E-state index in [1.54, 1.807) is 12.1 Å². The molecular formula is C14H9ClF3N3O2S. The van der Waals surface area contributed by atoms with Crippen LogP contribution in [0.1, 0.15) is 0 Å². The molecule has 10 heteroatoms. The lowest BCUT2D eigenvalue weighted by molar-refractivity contribution is -0.274. The molecule has 0 bridgehead atoms. The summed E-state index contributed by atoms with van der Waals surface area (Å²) in [4.78, 5) is 0.588. The molecule has 2 aromatic rings. The molecular weight excluding hydrogens is 367 g/mol. The zero-order chi connectivity index (χ0) is 17.3. The third kappa shape index (κ3) is 3.80. The highest BCUT2D eigenvalue weighted by molar-refractivity contribution is 7.98. The molecule has 1 aliphatic rings. The summed E-state index contributed by atoms with van der Waals surface area (Å²) in [6.45, 7) is 0. The van der Waals surface area contributed by atoms with Crippen LogP contribution in [0, 0.1) is 0 Å². The molecule has 3 N–H and O–H groups in total. The molecule has 126 valence electrons. The number of para-hydroxylation sites is 2. The number of hydrogen-bond acceptors (Lipinski definition) is 6. The van der Waals surface area contributed by atoms with Crippen molar-refractivity contribution in [3.63, 3.8) is 0 Å². The van der Waals surface area contributed by atoms with E-state index in [-0.39, 0.29) is 17.4 Å². The highest BCUT2D eigenvalue weighted by atomic mass is 35.5. The molecule has 0 saturated carbocycles. The van der Waals surface area contributed by atoms with Gasteiger partial charge < -0.3 is 20.5 Å². The van der Waals surface area contributed by atoms with Crippen LogP contribution < -0.4 is 15.4 Å². The summed E-state index contributed by atoms with van der Waals surface area (Å²) >= 11 is 6.86. The normalized spacial score (nSPS) is 13.6. The molecule has 0 aliphatic carbocycles. The van der Waals surface area contributed by atoms with Crippen LogP contribution in [0.25, 0.3) is 0 Å². The SMILES string of the molecule is Oc1cc(Cl)cc2c1NC(Nc1ccccc1OC(F)(F)F)=NS2. The lowest BCUT2D eigenvalue weighted by Gasteiger charge is -2.21. The van der Waals surface area contributed by atoms with Crippen LogP contribution in [0.2, 0.25) is 5.02 Å². The van der Waals surface area contributed by atoms with Gasteiger partial charge in [0.05, 0.1) is 16.3 Å². The standard InChI is InChI=1S/C14H9ClF3N3O2S/c15-7-5-9(22)12-11(6-7)24-21-13(20-12)19-8-3-1-2-4-10(8)23-14(16,17)18/h1-6,22H,(H2,19,20,21). The first-order chi connectivity index (χ1) is 11.3. The van der Waals surface area contributed by atoms with Crippen LogP contribution in [0.15, 0.2) is 45.7 Å². The molecule has 0 amide bonds. The third-order valence-corrected chi connectivity index (χ3v) is 3.90. The summed E-state index contributed by atoms with van der Waals surface area (Å²) < 4.78 is 45.4. The van der Waals surface area contributed by atoms with Crippen LogP contribution in [0.3, 0.4) is 0 Å². The maximum atomic E-state index is 12.4. The summed E-state index contributed by atoms with van der Waals surface area (Å²) in [5.41, 5.74) is 0.426. The van der Waals surface area contributed by atoms with E-state index in [9.17, 15) is 18.3 Å². The van der Waals surface area contributed by atoms with E-state index in [2.05, 4.69) is 19.8 Å². The molecule has 0 radical (unpaired) electrons. The average Bonchev–Trinajstić information content (AvgIpc) is 2.48. The van der Waals surface area contributed by atoms with Crippen molar-refractivity contribution < 1.29 is 23.0 Å². The molecule has 0 unspecified atom stereocenters. The zero-order valence-corrected chi connectivity index (χ0v) is 13.3. The molecule has 3 rings (SSSR count). The van der Waals surface area contributed by atoms with Crippen molar-refractivity contribution in [2.75, 3.05) is 10.6 Å². The second kappa shape index (κ2) is 6.33. The smallest absolute Gasteiger partial charge is 0.506 e. The number of hydrogen-bond donors (Lipinski definition) is 3. The maximum absolute atomic E-state index is 12.4. The van der Waals surface area contributed by atoms with Gasteiger partial charge in [0.15, 0.2) is 5.75 Å². The van der Waals surface area contributed by atoms with E-state index in [1.807, 2.05) is 0 Å². The molecule has 0 fully saturated rings. The average molecular weight is 376 g/mol. The Bertz CT molecular complexity index is 814. The molecule has 0 saturated heterocycles. The van der Waals surface area contributed by atoms with Crippen molar-refractivity contribution in [2.45, 2.75) is 11.3 Å². The molecule has 1 heterocycles. The van der Waals surface area contributed by atoms with Gasteiger partial charge >= 0.3 is 6.36 Å². The van der Waals surface area contributed by atoms with Gasteiger partial charge in [0.2, 0.25) is 5.96 Å². The molecule has 0 atom stereocenters. The Morgan fingerprint density at radius 2 is 2.00 bits per heavy atom. The van der Waals surface area contributed by atoms with Crippen LogP contribution in [-0.2, 0) is 0 Å². The number of anilines is 2. The van der Waals surface area contributed by atoms with Gasteiger partial charge in [-0.05, 0) is 18.2 Å². The summed E-state index contributed by atoms with van der Waals surface area (Å²) in [6.07, 6.45) is -4.81. The quantitative estimate of drug-likeness (QED) is 0.517. The molecule has 0 aromatic heterocycles. The van der Waals surface area contributed by atoms with Crippen molar-refractivity contribution in [1.82, 2.24) is 0 Å². The van der Waals surface area contributed by atoms with Crippen molar-refractivity contribution in [1.29, 1.82) is 0 Å². The van der Waals surface area contributed by atoms with Crippen molar-refractivity contribution in [3.05, 3.63) is 41.4 Å². The molecule has 5 nitrogen and oxygen atoms in total. The fraction of sp³-hybridized carbons (Fsp3) is 0.0714. The minimum Gasteiger partial charge on any atom is -0.506 e. The predicted molar refractivity (Wildman–Crippen MR) is 86.8 cm³/mol. The summed E-state index contributed by atoms with van der Waals surface area (Å²) in [5.74, 6) is -0.354. The largest absolute Gasteiger partial charge is 0.573 e. The van der Waals surface area contributed by atoms with Gasteiger partial charge in [-0.15, -0.1) is 13.2 Å². The summed E-state index contributed by atoms with van der Waals surface area (Å²) in [5, 5.41) is 15.8. The fourth-order valence-corrected chi connectivity index (χ4v) is 2.95. The van der Waals surface area contributed by atoms with E-state index in [0.29, 0.717) is 15.6 Å². The Kier molecular flexibility index (Phi) is 4.37. The van der Waals surface area contributed by atoms with Crippen LogP contribution in [-0.4, -0.2) is 17.4 Å². The summed E-state index contributed by atoms with van der Waals surface area (Å²) in [6, 6.07) is 8.51. The number of halogens is 4. The topological polar surface area (TPSA) is 65.9 Å². The van der Waals surface area contributed by atoms with Gasteiger partial charge in [-0.1, -0.05) is 23.7 Å². The Morgan fingerprint density at radius 3 is 2.75 bits per heavy atom. The Balaban J connectivity index is 1.82. The summed E-state index contributed by atoms with van der Waals surface area (Å²) in [7, 11) is 0. The fourth-order valence-electron chi connectivity index (χ4n) is 1.97. The molecule has 0 spiro atoms. The van der Waals surface area contributed by atoms with E-state index in [0.717, 1.165) is 11.9 Å². The van der Waals surface area contributed by atoms with Crippen molar-refractivity contribution >= 4 is 40.9 Å². The molecule has 24 heavy (non-hydrogen) atoms. The number of fused-ring (bicyclic) bond motifs is 1. The predicted octanol–water partition coefficient (Wildman–Crippen LogP) is 4.84. The second-order valence-electron chi connectivity index (χ2n) is 4.62. The van der Waals surface area contributed by atoms with Crippen molar-refractivity contribution in [3.8, 4) is 11.5 Å². The van der Waals surface area contributed by atoms with Gasteiger partial charge in [-0.2, -0.15) is 4.40 Å². The highest BCUT2D eigenvalue weighted by Gasteiger charge is 2.32. The van der Waals surface area contributed by atoms with Crippen LogP contribution in [0.4, 0.5) is 24.5 Å². The number of benzene rings is 2.